The lowest BCUT2D eigenvalue weighted by Gasteiger charge is -2.23. The van der Waals surface area contributed by atoms with Crippen molar-refractivity contribution in [3.63, 3.8) is 0 Å². The number of carbonyl (C=O) groups excluding carboxylic acids is 3. The molecule has 7 nitrogen and oxygen atoms in total. The summed E-state index contributed by atoms with van der Waals surface area (Å²) in [7, 11) is 0. The van der Waals surface area contributed by atoms with Crippen LogP contribution in [0.2, 0.25) is 5.02 Å². The molecule has 8 heteroatoms. The standard InChI is InChI=1S/C21H28ClN3O4/c1-14-13-29-18-7-6-16(22)11-17(18)21(28)23-8-2-3-9-25(12-19(26)24-14)20(27)10-15-4-5-15/h6-7,11,14-15H,2-5,8-10,12-13H2,1H3,(H,23,28)(H,24,26)/t14-/m1/s1. The highest BCUT2D eigenvalue weighted by atomic mass is 35.5. The van der Waals surface area contributed by atoms with Gasteiger partial charge >= 0.3 is 0 Å². The molecule has 3 amide bonds. The van der Waals surface area contributed by atoms with Crippen LogP contribution in [-0.2, 0) is 9.59 Å². The number of hydrogen-bond donors (Lipinski definition) is 2. The molecule has 3 rings (SSSR count). The molecule has 1 atom stereocenters. The van der Waals surface area contributed by atoms with Crippen LogP contribution in [0.25, 0.3) is 0 Å². The maximum atomic E-state index is 12.5. The average Bonchev–Trinajstić information content (AvgIpc) is 3.48. The molecule has 0 aromatic heterocycles. The minimum atomic E-state index is -0.278. The van der Waals surface area contributed by atoms with Gasteiger partial charge in [-0.05, 0) is 56.7 Å². The molecule has 0 saturated heterocycles. The Bertz CT molecular complexity index is 766. The molecule has 0 unspecified atom stereocenters. The maximum absolute atomic E-state index is 12.5. The third-order valence-corrected chi connectivity index (χ3v) is 5.31. The monoisotopic (exact) mass is 421 g/mol. The van der Waals surface area contributed by atoms with Gasteiger partial charge in [0.25, 0.3) is 5.91 Å². The summed E-state index contributed by atoms with van der Waals surface area (Å²) in [6.45, 7) is 3.04. The highest BCUT2D eigenvalue weighted by Gasteiger charge is 2.28. The Kier molecular flexibility index (Phi) is 7.36. The average molecular weight is 422 g/mol. The summed E-state index contributed by atoms with van der Waals surface area (Å²) in [6, 6.07) is 4.61. The Balaban J connectivity index is 1.69. The van der Waals surface area contributed by atoms with Crippen molar-refractivity contribution in [3.05, 3.63) is 28.8 Å². The molecule has 158 valence electrons. The molecule has 0 spiro atoms. The summed E-state index contributed by atoms with van der Waals surface area (Å²) in [5.74, 6) is 0.464. The summed E-state index contributed by atoms with van der Waals surface area (Å²) in [6.07, 6.45) is 4.11. The number of halogens is 1. The highest BCUT2D eigenvalue weighted by molar-refractivity contribution is 6.31. The molecule has 1 fully saturated rings. The van der Waals surface area contributed by atoms with Crippen molar-refractivity contribution >= 4 is 29.3 Å². The predicted octanol–water partition coefficient (Wildman–Crippen LogP) is 2.38. The molecule has 1 heterocycles. The predicted molar refractivity (Wildman–Crippen MR) is 110 cm³/mol. The molecule has 1 aromatic rings. The maximum Gasteiger partial charge on any atom is 0.255 e. The van der Waals surface area contributed by atoms with E-state index in [1.165, 1.54) is 0 Å². The van der Waals surface area contributed by atoms with Gasteiger partial charge in [0.05, 0.1) is 18.2 Å². The number of benzene rings is 1. The number of nitrogens with one attached hydrogen (secondary N) is 2. The molecule has 0 bridgehead atoms. The SMILES string of the molecule is C[C@@H]1COc2ccc(Cl)cc2C(=O)NCCCCN(C(=O)CC2CC2)CC(=O)N1. The fourth-order valence-corrected chi connectivity index (χ4v) is 3.44. The first-order valence-electron chi connectivity index (χ1n) is 10.2. The van der Waals surface area contributed by atoms with E-state index in [0.717, 1.165) is 12.8 Å². The zero-order chi connectivity index (χ0) is 20.8. The lowest BCUT2D eigenvalue weighted by Crippen LogP contribution is -2.45. The number of amides is 3. The largest absolute Gasteiger partial charge is 0.491 e. The summed E-state index contributed by atoms with van der Waals surface area (Å²) in [4.78, 5) is 39.2. The van der Waals surface area contributed by atoms with Crippen LogP contribution in [0.5, 0.6) is 5.75 Å². The van der Waals surface area contributed by atoms with Gasteiger partial charge in [-0.1, -0.05) is 11.6 Å². The molecule has 29 heavy (non-hydrogen) atoms. The van der Waals surface area contributed by atoms with Gasteiger partial charge in [-0.2, -0.15) is 0 Å². The van der Waals surface area contributed by atoms with Gasteiger partial charge in [0, 0.05) is 24.5 Å². The molecule has 2 aliphatic rings. The summed E-state index contributed by atoms with van der Waals surface area (Å²) in [5.41, 5.74) is 0.368. The summed E-state index contributed by atoms with van der Waals surface area (Å²) in [5, 5.41) is 6.20. The van der Waals surface area contributed by atoms with Gasteiger partial charge in [-0.25, -0.2) is 0 Å². The molecular weight excluding hydrogens is 394 g/mol. The van der Waals surface area contributed by atoms with Crippen molar-refractivity contribution in [1.82, 2.24) is 15.5 Å². The van der Waals surface area contributed by atoms with E-state index in [1.807, 2.05) is 6.92 Å². The zero-order valence-corrected chi connectivity index (χ0v) is 17.5. The summed E-state index contributed by atoms with van der Waals surface area (Å²) >= 11 is 6.04. The Hall–Kier alpha value is -2.28. The fourth-order valence-electron chi connectivity index (χ4n) is 3.27. The summed E-state index contributed by atoms with van der Waals surface area (Å²) < 4.78 is 5.77. The highest BCUT2D eigenvalue weighted by Crippen LogP contribution is 2.32. The minimum absolute atomic E-state index is 0.0296. The number of rotatable bonds is 2. The number of nitrogens with zero attached hydrogens (tertiary/aromatic N) is 1. The molecular formula is C21H28ClN3O4. The van der Waals surface area contributed by atoms with Crippen molar-refractivity contribution < 1.29 is 19.1 Å². The van der Waals surface area contributed by atoms with Crippen LogP contribution in [0.1, 0.15) is 49.4 Å². The first kappa shape index (κ1) is 21.4. The second-order valence-electron chi connectivity index (χ2n) is 7.85. The minimum Gasteiger partial charge on any atom is -0.491 e. The van der Waals surface area contributed by atoms with Crippen molar-refractivity contribution in [3.8, 4) is 5.75 Å². The van der Waals surface area contributed by atoms with Crippen LogP contribution >= 0.6 is 11.6 Å². The lowest BCUT2D eigenvalue weighted by atomic mass is 10.1. The zero-order valence-electron chi connectivity index (χ0n) is 16.7. The molecule has 2 N–H and O–H groups in total. The van der Waals surface area contributed by atoms with Crippen molar-refractivity contribution in [1.29, 1.82) is 0 Å². The molecule has 1 saturated carbocycles. The van der Waals surface area contributed by atoms with Gasteiger partial charge in [0.2, 0.25) is 11.8 Å². The van der Waals surface area contributed by atoms with Crippen molar-refractivity contribution in [2.45, 2.75) is 45.1 Å². The van der Waals surface area contributed by atoms with E-state index in [2.05, 4.69) is 10.6 Å². The second-order valence-corrected chi connectivity index (χ2v) is 8.28. The number of fused-ring (bicyclic) bond motifs is 1. The Morgan fingerprint density at radius 1 is 1.28 bits per heavy atom. The topological polar surface area (TPSA) is 87.7 Å². The second kappa shape index (κ2) is 9.96. The van der Waals surface area contributed by atoms with Crippen LogP contribution in [0.4, 0.5) is 0 Å². The van der Waals surface area contributed by atoms with Gasteiger partial charge in [0.15, 0.2) is 0 Å². The van der Waals surface area contributed by atoms with Crippen molar-refractivity contribution in [2.24, 2.45) is 5.92 Å². The van der Waals surface area contributed by atoms with Gasteiger partial charge < -0.3 is 20.3 Å². The Morgan fingerprint density at radius 3 is 2.83 bits per heavy atom. The van der Waals surface area contributed by atoms with E-state index in [1.54, 1.807) is 23.1 Å². The third-order valence-electron chi connectivity index (χ3n) is 5.07. The Morgan fingerprint density at radius 2 is 2.07 bits per heavy atom. The Labute approximate surface area is 176 Å². The van der Waals surface area contributed by atoms with Gasteiger partial charge in [0.1, 0.15) is 12.4 Å². The van der Waals surface area contributed by atoms with Crippen LogP contribution in [0.15, 0.2) is 18.2 Å². The van der Waals surface area contributed by atoms with Crippen LogP contribution in [-0.4, -0.2) is 54.9 Å². The lowest BCUT2D eigenvalue weighted by molar-refractivity contribution is -0.136. The smallest absolute Gasteiger partial charge is 0.255 e. The first-order chi connectivity index (χ1) is 13.9. The third kappa shape index (κ3) is 6.63. The van der Waals surface area contributed by atoms with E-state index < -0.39 is 0 Å². The molecule has 1 aliphatic carbocycles. The van der Waals surface area contributed by atoms with E-state index in [-0.39, 0.29) is 36.9 Å². The number of carbonyl (C=O) groups is 3. The fraction of sp³-hybridized carbons (Fsp3) is 0.571. The first-order valence-corrected chi connectivity index (χ1v) is 10.6. The molecule has 0 radical (unpaired) electrons. The van der Waals surface area contributed by atoms with Crippen molar-refractivity contribution in [2.75, 3.05) is 26.2 Å². The molecule has 1 aromatic carbocycles. The van der Waals surface area contributed by atoms with Crippen LogP contribution in [0, 0.1) is 5.92 Å². The van der Waals surface area contributed by atoms with Crippen LogP contribution < -0.4 is 15.4 Å². The van der Waals surface area contributed by atoms with Gasteiger partial charge in [-0.15, -0.1) is 0 Å². The van der Waals surface area contributed by atoms with E-state index >= 15 is 0 Å². The van der Waals surface area contributed by atoms with E-state index in [0.29, 0.717) is 54.6 Å². The number of hydrogen-bond acceptors (Lipinski definition) is 4. The van der Waals surface area contributed by atoms with Crippen LogP contribution in [0.3, 0.4) is 0 Å². The van der Waals surface area contributed by atoms with Gasteiger partial charge in [-0.3, -0.25) is 14.4 Å². The van der Waals surface area contributed by atoms with E-state index in [9.17, 15) is 14.4 Å². The van der Waals surface area contributed by atoms with E-state index in [4.69, 9.17) is 16.3 Å². The number of ether oxygens (including phenoxy) is 1. The quantitative estimate of drug-likeness (QED) is 0.767. The molecule has 1 aliphatic heterocycles. The normalized spacial score (nSPS) is 21.7.